The fourth-order valence-corrected chi connectivity index (χ4v) is 4.06. The zero-order valence-corrected chi connectivity index (χ0v) is 19.1. The molecule has 2 aromatic carbocycles. The Morgan fingerprint density at radius 3 is 2.86 bits per heavy atom. The molecule has 0 unspecified atom stereocenters. The topological polar surface area (TPSA) is 128 Å². The van der Waals surface area contributed by atoms with E-state index >= 15 is 0 Å². The number of hydrogen-bond acceptors (Lipinski definition) is 6. The van der Waals surface area contributed by atoms with Crippen LogP contribution in [0.25, 0.3) is 11.0 Å². The number of anilines is 1. The molecule has 1 fully saturated rings. The van der Waals surface area contributed by atoms with Crippen LogP contribution in [-0.4, -0.2) is 63.8 Å². The Balaban J connectivity index is 1.11. The van der Waals surface area contributed by atoms with Crippen LogP contribution in [0.2, 0.25) is 0 Å². The summed E-state index contributed by atoms with van der Waals surface area (Å²) in [5.74, 6) is -1.80. The molecular formula is C24H24F2N6O4. The summed E-state index contributed by atoms with van der Waals surface area (Å²) >= 11 is 0. The Morgan fingerprint density at radius 2 is 2.00 bits per heavy atom. The highest BCUT2D eigenvalue weighted by Crippen LogP contribution is 2.22. The number of carbonyl (C=O) groups is 1. The van der Waals surface area contributed by atoms with E-state index in [-0.39, 0.29) is 36.6 Å². The summed E-state index contributed by atoms with van der Waals surface area (Å²) in [4.78, 5) is 31.3. The molecule has 0 bridgehead atoms. The van der Waals surface area contributed by atoms with Gasteiger partial charge in [0, 0.05) is 37.0 Å². The second-order valence-electron chi connectivity index (χ2n) is 8.47. The van der Waals surface area contributed by atoms with E-state index in [9.17, 15) is 18.4 Å². The van der Waals surface area contributed by atoms with E-state index in [0.717, 1.165) is 17.8 Å². The van der Waals surface area contributed by atoms with Crippen LogP contribution < -0.4 is 15.7 Å². The lowest BCUT2D eigenvalue weighted by Crippen LogP contribution is -2.42. The Kier molecular flexibility index (Phi) is 6.78. The first-order valence-electron chi connectivity index (χ1n) is 11.4. The maximum atomic E-state index is 13.3. The predicted octanol–water partition coefficient (Wildman–Crippen LogP) is 2.49. The van der Waals surface area contributed by atoms with Crippen LogP contribution in [0.15, 0.2) is 47.3 Å². The third kappa shape index (κ3) is 5.61. The summed E-state index contributed by atoms with van der Waals surface area (Å²) < 4.78 is 37.6. The average molecular weight is 498 g/mol. The van der Waals surface area contributed by atoms with Gasteiger partial charge in [0.15, 0.2) is 11.6 Å². The summed E-state index contributed by atoms with van der Waals surface area (Å²) in [6, 6.07) is 10.4. The maximum Gasteiger partial charge on any atom is 0.323 e. The van der Waals surface area contributed by atoms with Crippen molar-refractivity contribution in [2.45, 2.75) is 12.5 Å². The molecule has 10 nitrogen and oxygen atoms in total. The van der Waals surface area contributed by atoms with Crippen LogP contribution in [0, 0.1) is 11.6 Å². The number of imidazole rings is 1. The molecule has 1 saturated heterocycles. The first-order valence-corrected chi connectivity index (χ1v) is 11.4. The van der Waals surface area contributed by atoms with E-state index in [1.807, 2.05) is 11.0 Å². The number of rotatable bonds is 8. The van der Waals surface area contributed by atoms with Gasteiger partial charge in [-0.2, -0.15) is 5.10 Å². The number of H-pyrrole nitrogens is 3. The van der Waals surface area contributed by atoms with Crippen LogP contribution in [-0.2, 0) is 16.0 Å². The number of nitrogens with zero attached hydrogens (tertiary/aromatic N) is 2. The molecule has 2 aromatic heterocycles. The molecular weight excluding hydrogens is 474 g/mol. The molecule has 1 amide bonds. The summed E-state index contributed by atoms with van der Waals surface area (Å²) in [7, 11) is 0. The van der Waals surface area contributed by atoms with Gasteiger partial charge in [-0.25, -0.2) is 13.6 Å². The second-order valence-corrected chi connectivity index (χ2v) is 8.47. The van der Waals surface area contributed by atoms with Crippen molar-refractivity contribution in [3.8, 4) is 5.75 Å². The van der Waals surface area contributed by atoms with Gasteiger partial charge >= 0.3 is 5.69 Å². The molecule has 12 heteroatoms. The van der Waals surface area contributed by atoms with Crippen LogP contribution >= 0.6 is 0 Å². The number of carbonyl (C=O) groups excluding carboxylic acids is 1. The number of amides is 1. The van der Waals surface area contributed by atoms with Crippen molar-refractivity contribution in [3.63, 3.8) is 0 Å². The van der Waals surface area contributed by atoms with Crippen LogP contribution in [0.1, 0.15) is 17.5 Å². The summed E-state index contributed by atoms with van der Waals surface area (Å²) in [6.45, 7) is 1.99. The smallest absolute Gasteiger partial charge is 0.323 e. The second kappa shape index (κ2) is 10.3. The fourth-order valence-electron chi connectivity index (χ4n) is 4.06. The van der Waals surface area contributed by atoms with Gasteiger partial charge in [-0.1, -0.05) is 0 Å². The number of halogens is 2. The number of nitrogens with one attached hydrogen (secondary N) is 4. The van der Waals surface area contributed by atoms with Gasteiger partial charge in [-0.05, 0) is 36.4 Å². The molecule has 0 saturated carbocycles. The van der Waals surface area contributed by atoms with E-state index in [1.54, 1.807) is 18.2 Å². The monoisotopic (exact) mass is 498 g/mol. The molecule has 0 spiro atoms. The SMILES string of the molecule is O=C(CN1CCO[C@@H](c2cc(CCOc3ccc(F)c(F)c3)[nH]n2)C1)Nc1ccc2[nH]c(=O)[nH]c2c1. The molecule has 1 aliphatic heterocycles. The number of benzene rings is 2. The minimum atomic E-state index is -0.956. The van der Waals surface area contributed by atoms with Crippen LogP contribution in [0.3, 0.4) is 0 Å². The summed E-state index contributed by atoms with van der Waals surface area (Å²) in [6.07, 6.45) is 0.187. The number of hydrogen-bond donors (Lipinski definition) is 4. The summed E-state index contributed by atoms with van der Waals surface area (Å²) in [5, 5.41) is 10.1. The fraction of sp³-hybridized carbons (Fsp3) is 0.292. The number of aromatic nitrogens is 4. The van der Waals surface area contributed by atoms with Gasteiger partial charge in [0.1, 0.15) is 11.9 Å². The largest absolute Gasteiger partial charge is 0.493 e. The first kappa shape index (κ1) is 23.7. The van der Waals surface area contributed by atoms with Crippen molar-refractivity contribution in [3.05, 3.63) is 76.0 Å². The average Bonchev–Trinajstić information content (AvgIpc) is 3.47. The highest BCUT2D eigenvalue weighted by Gasteiger charge is 2.25. The lowest BCUT2D eigenvalue weighted by atomic mass is 10.2. The Bertz CT molecular complexity index is 1430. The molecule has 0 aliphatic carbocycles. The number of aromatic amines is 3. The van der Waals surface area contributed by atoms with Crippen molar-refractivity contribution in [2.24, 2.45) is 0 Å². The van der Waals surface area contributed by atoms with E-state index in [4.69, 9.17) is 9.47 Å². The molecule has 1 atom stereocenters. The molecule has 3 heterocycles. The highest BCUT2D eigenvalue weighted by atomic mass is 19.2. The van der Waals surface area contributed by atoms with Gasteiger partial charge in [-0.15, -0.1) is 0 Å². The standard InChI is InChI=1S/C24H24F2N6O4/c25-17-3-2-16(11-18(17)26)35-7-5-15-10-21(31-30-15)22-12-32(6-8-36-22)13-23(33)27-14-1-4-19-20(9-14)29-24(34)28-19/h1-4,9-11,22H,5-8,12-13H2,(H,27,33)(H,30,31)(H2,28,29,34)/t22-/m1/s1. The van der Waals surface area contributed by atoms with Crippen molar-refractivity contribution in [1.82, 2.24) is 25.1 Å². The molecule has 4 N–H and O–H groups in total. The molecule has 0 radical (unpaired) electrons. The highest BCUT2D eigenvalue weighted by molar-refractivity contribution is 5.94. The maximum absolute atomic E-state index is 13.3. The normalized spacial score (nSPS) is 16.3. The Hall–Kier alpha value is -4.03. The first-order chi connectivity index (χ1) is 17.4. The minimum Gasteiger partial charge on any atom is -0.493 e. The van der Waals surface area contributed by atoms with Gasteiger partial charge in [-0.3, -0.25) is 14.8 Å². The molecule has 188 valence electrons. The summed E-state index contributed by atoms with van der Waals surface area (Å²) in [5.41, 5.74) is 3.10. The molecule has 36 heavy (non-hydrogen) atoms. The van der Waals surface area contributed by atoms with Crippen LogP contribution in [0.5, 0.6) is 5.75 Å². The quantitative estimate of drug-likeness (QED) is 0.296. The van der Waals surface area contributed by atoms with Crippen molar-refractivity contribution in [2.75, 3.05) is 38.2 Å². The number of fused-ring (bicyclic) bond motifs is 1. The molecule has 1 aliphatic rings. The van der Waals surface area contributed by atoms with Crippen molar-refractivity contribution >= 4 is 22.6 Å². The Labute approximate surface area is 203 Å². The Morgan fingerprint density at radius 1 is 1.14 bits per heavy atom. The zero-order valence-electron chi connectivity index (χ0n) is 19.1. The third-order valence-electron chi connectivity index (χ3n) is 5.83. The van der Waals surface area contributed by atoms with Gasteiger partial charge in [0.2, 0.25) is 5.91 Å². The van der Waals surface area contributed by atoms with E-state index < -0.39 is 11.6 Å². The van der Waals surface area contributed by atoms with Gasteiger partial charge in [0.25, 0.3) is 0 Å². The van der Waals surface area contributed by atoms with E-state index in [2.05, 4.69) is 25.5 Å². The molecule has 4 aromatic rings. The van der Waals surface area contributed by atoms with Crippen molar-refractivity contribution in [1.29, 1.82) is 0 Å². The van der Waals surface area contributed by atoms with Crippen LogP contribution in [0.4, 0.5) is 14.5 Å². The van der Waals surface area contributed by atoms with E-state index in [0.29, 0.717) is 48.5 Å². The lowest BCUT2D eigenvalue weighted by Gasteiger charge is -2.31. The van der Waals surface area contributed by atoms with Gasteiger partial charge in [0.05, 0.1) is 36.5 Å². The predicted molar refractivity (Wildman–Crippen MR) is 127 cm³/mol. The van der Waals surface area contributed by atoms with E-state index in [1.165, 1.54) is 6.07 Å². The van der Waals surface area contributed by atoms with Crippen molar-refractivity contribution < 1.29 is 23.0 Å². The number of ether oxygens (including phenoxy) is 2. The third-order valence-corrected chi connectivity index (χ3v) is 5.83. The molecule has 5 rings (SSSR count). The minimum absolute atomic E-state index is 0.176. The zero-order chi connectivity index (χ0) is 25.1. The van der Waals surface area contributed by atoms with Gasteiger partial charge < -0.3 is 24.8 Å². The number of morpholine rings is 1. The lowest BCUT2D eigenvalue weighted by molar-refractivity contribution is -0.119.